The molecule has 0 aliphatic heterocycles. The predicted octanol–water partition coefficient (Wildman–Crippen LogP) is 4.05. The van der Waals surface area contributed by atoms with Crippen LogP contribution in [0.3, 0.4) is 0 Å². The number of methoxy groups -OCH3 is 2. The van der Waals surface area contributed by atoms with Gasteiger partial charge in [-0.05, 0) is 48.9 Å². The second-order valence-corrected chi connectivity index (χ2v) is 6.07. The first-order valence-electron chi connectivity index (χ1n) is 8.13. The third-order valence-corrected chi connectivity index (χ3v) is 4.10. The van der Waals surface area contributed by atoms with Gasteiger partial charge in [-0.25, -0.2) is 0 Å². The summed E-state index contributed by atoms with van der Waals surface area (Å²) < 4.78 is 10.5. The topological polar surface area (TPSA) is 83.4 Å². The summed E-state index contributed by atoms with van der Waals surface area (Å²) in [5.74, 6) is 0.683. The first-order valence-corrected chi connectivity index (χ1v) is 8.51. The van der Waals surface area contributed by atoms with E-state index in [0.717, 1.165) is 5.56 Å². The van der Waals surface area contributed by atoms with Crippen LogP contribution in [0.25, 0.3) is 0 Å². The minimum Gasteiger partial charge on any atom is -0.493 e. The summed E-state index contributed by atoms with van der Waals surface area (Å²) in [4.78, 5) is 12.4. The maximum Gasteiger partial charge on any atom is 0.263 e. The number of ether oxygens (including phenoxy) is 2. The van der Waals surface area contributed by atoms with Gasteiger partial charge >= 0.3 is 0 Å². The first kappa shape index (κ1) is 20.1. The summed E-state index contributed by atoms with van der Waals surface area (Å²) in [6.45, 7) is 1.82. The molecule has 0 aromatic heterocycles. The Bertz CT molecular complexity index is 873. The highest BCUT2D eigenvalue weighted by molar-refractivity contribution is 6.30. The quantitative estimate of drug-likeness (QED) is 0.554. The number of nitriles is 1. The largest absolute Gasteiger partial charge is 0.493 e. The molecule has 2 aromatic carbocycles. The Balaban J connectivity index is 2.08. The molecule has 7 heteroatoms. The second-order valence-electron chi connectivity index (χ2n) is 5.63. The fraction of sp³-hybridized carbons (Fsp3) is 0.200. The average molecular weight is 386 g/mol. The van der Waals surface area contributed by atoms with Crippen LogP contribution in [0.15, 0.2) is 54.2 Å². The molecule has 0 aliphatic carbocycles. The first-order chi connectivity index (χ1) is 13.0. The van der Waals surface area contributed by atoms with Gasteiger partial charge in [0.05, 0.1) is 20.3 Å². The molecule has 0 bridgehead atoms. The number of nitrogens with zero attached hydrogens (tertiary/aromatic N) is 1. The molecule has 27 heavy (non-hydrogen) atoms. The molecule has 0 saturated heterocycles. The van der Waals surface area contributed by atoms with Crippen molar-refractivity contribution in [2.45, 2.75) is 13.0 Å². The molecule has 0 spiro atoms. The Labute approximate surface area is 163 Å². The number of carbonyl (C=O) groups is 1. The van der Waals surface area contributed by atoms with Crippen LogP contribution in [0, 0.1) is 11.3 Å². The summed E-state index contributed by atoms with van der Waals surface area (Å²) in [5.41, 5.74) is 1.49. The van der Waals surface area contributed by atoms with E-state index in [1.54, 1.807) is 50.6 Å². The molecule has 0 fully saturated rings. The van der Waals surface area contributed by atoms with Gasteiger partial charge in [0, 0.05) is 16.9 Å². The lowest BCUT2D eigenvalue weighted by molar-refractivity contribution is -0.117. The van der Waals surface area contributed by atoms with Crippen LogP contribution in [-0.4, -0.2) is 20.1 Å². The zero-order valence-corrected chi connectivity index (χ0v) is 16.0. The van der Waals surface area contributed by atoms with E-state index >= 15 is 0 Å². The molecule has 0 heterocycles. The standard InChI is InChI=1S/C20H20ClN3O3/c1-13(14-4-9-18(26-2)19(10-14)27-3)24-20(25)15(11-22)12-23-17-7-5-16(21)6-8-17/h4-10,12-13,23H,1-3H3,(H,24,25)/b15-12-. The van der Waals surface area contributed by atoms with Crippen molar-refractivity contribution >= 4 is 23.2 Å². The van der Waals surface area contributed by atoms with Crippen molar-refractivity contribution in [3.8, 4) is 17.6 Å². The molecule has 1 atom stereocenters. The maximum absolute atomic E-state index is 12.4. The van der Waals surface area contributed by atoms with Crippen molar-refractivity contribution in [2.24, 2.45) is 0 Å². The van der Waals surface area contributed by atoms with Crippen molar-refractivity contribution < 1.29 is 14.3 Å². The normalized spacial score (nSPS) is 11.9. The number of halogens is 1. The Morgan fingerprint density at radius 1 is 1.15 bits per heavy atom. The number of hydrogen-bond acceptors (Lipinski definition) is 5. The van der Waals surface area contributed by atoms with Gasteiger partial charge in [-0.2, -0.15) is 5.26 Å². The second kappa shape index (κ2) is 9.51. The van der Waals surface area contributed by atoms with E-state index in [4.69, 9.17) is 21.1 Å². The lowest BCUT2D eigenvalue weighted by Crippen LogP contribution is -2.28. The Kier molecular flexibility index (Phi) is 7.09. The molecule has 0 saturated carbocycles. The Morgan fingerprint density at radius 2 is 1.81 bits per heavy atom. The number of rotatable bonds is 7. The van der Waals surface area contributed by atoms with Gasteiger partial charge in [0.2, 0.25) is 0 Å². The van der Waals surface area contributed by atoms with Crippen LogP contribution in [0.4, 0.5) is 5.69 Å². The Morgan fingerprint density at radius 3 is 2.41 bits per heavy atom. The van der Waals surface area contributed by atoms with Crippen molar-refractivity contribution in [2.75, 3.05) is 19.5 Å². The van der Waals surface area contributed by atoms with Gasteiger partial charge in [-0.1, -0.05) is 17.7 Å². The van der Waals surface area contributed by atoms with Crippen molar-refractivity contribution in [3.05, 3.63) is 64.8 Å². The lowest BCUT2D eigenvalue weighted by Gasteiger charge is -2.16. The van der Waals surface area contributed by atoms with E-state index in [1.807, 2.05) is 19.1 Å². The number of benzene rings is 2. The maximum atomic E-state index is 12.4. The van der Waals surface area contributed by atoms with Gasteiger partial charge in [0.1, 0.15) is 11.6 Å². The molecular weight excluding hydrogens is 366 g/mol. The van der Waals surface area contributed by atoms with Crippen molar-refractivity contribution in [1.82, 2.24) is 5.32 Å². The molecule has 2 rings (SSSR count). The van der Waals surface area contributed by atoms with Crippen LogP contribution in [0.5, 0.6) is 11.5 Å². The Hall–Kier alpha value is -3.17. The van der Waals surface area contributed by atoms with Gasteiger partial charge < -0.3 is 20.1 Å². The number of nitrogens with one attached hydrogen (secondary N) is 2. The summed E-state index contributed by atoms with van der Waals surface area (Å²) in [5, 5.41) is 15.6. The van der Waals surface area contributed by atoms with Gasteiger partial charge in [-0.3, -0.25) is 4.79 Å². The van der Waals surface area contributed by atoms with Crippen LogP contribution in [0.2, 0.25) is 5.02 Å². The molecule has 2 aromatic rings. The van der Waals surface area contributed by atoms with Crippen LogP contribution in [0.1, 0.15) is 18.5 Å². The molecule has 6 nitrogen and oxygen atoms in total. The average Bonchev–Trinajstić information content (AvgIpc) is 2.69. The molecule has 0 aliphatic rings. The minimum atomic E-state index is -0.485. The SMILES string of the molecule is COc1ccc(C(C)NC(=O)/C(C#N)=C\Nc2ccc(Cl)cc2)cc1OC. The van der Waals surface area contributed by atoms with E-state index in [0.29, 0.717) is 22.2 Å². The van der Waals surface area contributed by atoms with E-state index < -0.39 is 5.91 Å². The third kappa shape index (κ3) is 5.40. The smallest absolute Gasteiger partial charge is 0.263 e. The summed E-state index contributed by atoms with van der Waals surface area (Å²) in [6.07, 6.45) is 1.36. The zero-order valence-electron chi connectivity index (χ0n) is 15.2. The molecule has 140 valence electrons. The number of hydrogen-bond donors (Lipinski definition) is 2. The van der Waals surface area contributed by atoms with Crippen LogP contribution in [-0.2, 0) is 4.79 Å². The molecule has 1 unspecified atom stereocenters. The molecular formula is C20H20ClN3O3. The van der Waals surface area contributed by atoms with E-state index in [9.17, 15) is 10.1 Å². The predicted molar refractivity (Wildman–Crippen MR) is 105 cm³/mol. The van der Waals surface area contributed by atoms with E-state index in [1.165, 1.54) is 6.20 Å². The monoisotopic (exact) mass is 385 g/mol. The summed E-state index contributed by atoms with van der Waals surface area (Å²) in [6, 6.07) is 13.9. The highest BCUT2D eigenvalue weighted by Crippen LogP contribution is 2.29. The molecule has 1 amide bonds. The third-order valence-electron chi connectivity index (χ3n) is 3.85. The van der Waals surface area contributed by atoms with E-state index in [-0.39, 0.29) is 11.6 Å². The summed E-state index contributed by atoms with van der Waals surface area (Å²) >= 11 is 5.83. The van der Waals surface area contributed by atoms with Crippen molar-refractivity contribution in [1.29, 1.82) is 5.26 Å². The van der Waals surface area contributed by atoms with Gasteiger partial charge in [0.25, 0.3) is 5.91 Å². The fourth-order valence-electron chi connectivity index (χ4n) is 2.33. The zero-order chi connectivity index (χ0) is 19.8. The highest BCUT2D eigenvalue weighted by Gasteiger charge is 2.15. The number of carbonyl (C=O) groups excluding carboxylic acids is 1. The number of anilines is 1. The van der Waals surface area contributed by atoms with Crippen LogP contribution < -0.4 is 20.1 Å². The lowest BCUT2D eigenvalue weighted by atomic mass is 10.1. The number of amides is 1. The minimum absolute atomic E-state index is 0.0442. The van der Waals surface area contributed by atoms with E-state index in [2.05, 4.69) is 10.6 Å². The summed E-state index contributed by atoms with van der Waals surface area (Å²) in [7, 11) is 3.10. The van der Waals surface area contributed by atoms with Crippen molar-refractivity contribution in [3.63, 3.8) is 0 Å². The highest BCUT2D eigenvalue weighted by atomic mass is 35.5. The van der Waals surface area contributed by atoms with Crippen LogP contribution >= 0.6 is 11.6 Å². The van der Waals surface area contributed by atoms with Gasteiger partial charge in [-0.15, -0.1) is 0 Å². The van der Waals surface area contributed by atoms with Gasteiger partial charge in [0.15, 0.2) is 11.5 Å². The fourth-order valence-corrected chi connectivity index (χ4v) is 2.46. The molecule has 0 radical (unpaired) electrons. The molecule has 2 N–H and O–H groups in total.